The second-order valence-electron chi connectivity index (χ2n) is 6.41. The SMILES string of the molecule is CCCNC(C)(CC(C)N1CCC(COC)C1)C(=O)OC. The lowest BCUT2D eigenvalue weighted by atomic mass is 9.92. The Kier molecular flexibility index (Phi) is 7.63. The summed E-state index contributed by atoms with van der Waals surface area (Å²) in [4.78, 5) is 14.6. The highest BCUT2D eigenvalue weighted by Gasteiger charge is 2.37. The molecule has 3 atom stereocenters. The normalized spacial score (nSPS) is 23.8. The molecular weight excluding hydrogens is 268 g/mol. The smallest absolute Gasteiger partial charge is 0.325 e. The summed E-state index contributed by atoms with van der Waals surface area (Å²) in [6.45, 7) is 10.0. The number of likely N-dealkylation sites (tertiary alicyclic amines) is 1. The average molecular weight is 300 g/mol. The van der Waals surface area contributed by atoms with Crippen molar-refractivity contribution in [3.8, 4) is 0 Å². The summed E-state index contributed by atoms with van der Waals surface area (Å²) in [5.74, 6) is 0.445. The molecule has 1 aliphatic heterocycles. The molecule has 0 spiro atoms. The van der Waals surface area contributed by atoms with Gasteiger partial charge in [-0.25, -0.2) is 0 Å². The fraction of sp³-hybridized carbons (Fsp3) is 0.938. The first-order chi connectivity index (χ1) is 9.96. The molecule has 1 heterocycles. The van der Waals surface area contributed by atoms with Gasteiger partial charge in [-0.1, -0.05) is 6.92 Å². The van der Waals surface area contributed by atoms with Crippen LogP contribution in [0.2, 0.25) is 0 Å². The van der Waals surface area contributed by atoms with Crippen LogP contribution < -0.4 is 5.32 Å². The Morgan fingerprint density at radius 3 is 2.76 bits per heavy atom. The number of rotatable bonds is 9. The molecule has 0 aromatic rings. The van der Waals surface area contributed by atoms with Gasteiger partial charge in [0.25, 0.3) is 0 Å². The summed E-state index contributed by atoms with van der Waals surface area (Å²) in [7, 11) is 3.22. The minimum atomic E-state index is -0.608. The van der Waals surface area contributed by atoms with Crippen LogP contribution in [0, 0.1) is 5.92 Å². The molecule has 124 valence electrons. The highest BCUT2D eigenvalue weighted by molar-refractivity contribution is 5.80. The third-order valence-electron chi connectivity index (χ3n) is 4.45. The van der Waals surface area contributed by atoms with Crippen LogP contribution in [-0.2, 0) is 14.3 Å². The average Bonchev–Trinajstić information content (AvgIpc) is 2.93. The molecule has 3 unspecified atom stereocenters. The second kappa shape index (κ2) is 8.71. The molecule has 0 saturated carbocycles. The molecule has 0 aromatic carbocycles. The predicted octanol–water partition coefficient (Wildman–Crippen LogP) is 1.66. The molecule has 1 saturated heterocycles. The summed E-state index contributed by atoms with van der Waals surface area (Å²) in [6.07, 6.45) is 2.94. The van der Waals surface area contributed by atoms with Gasteiger partial charge in [0, 0.05) is 19.7 Å². The van der Waals surface area contributed by atoms with Crippen molar-refractivity contribution in [2.75, 3.05) is 40.5 Å². The number of carbonyl (C=O) groups excluding carboxylic acids is 1. The maximum Gasteiger partial charge on any atom is 0.325 e. The van der Waals surface area contributed by atoms with Crippen molar-refractivity contribution in [1.82, 2.24) is 10.2 Å². The van der Waals surface area contributed by atoms with Gasteiger partial charge in [0.2, 0.25) is 0 Å². The van der Waals surface area contributed by atoms with E-state index in [0.717, 1.165) is 39.1 Å². The van der Waals surface area contributed by atoms with Gasteiger partial charge in [-0.2, -0.15) is 0 Å². The van der Waals surface area contributed by atoms with E-state index in [1.807, 2.05) is 6.92 Å². The van der Waals surface area contributed by atoms with Gasteiger partial charge in [-0.15, -0.1) is 0 Å². The molecule has 1 fully saturated rings. The molecular formula is C16H32N2O3. The van der Waals surface area contributed by atoms with Crippen LogP contribution in [0.3, 0.4) is 0 Å². The van der Waals surface area contributed by atoms with Crippen LogP contribution in [0.1, 0.15) is 40.0 Å². The highest BCUT2D eigenvalue weighted by atomic mass is 16.5. The first-order valence-corrected chi connectivity index (χ1v) is 8.03. The van der Waals surface area contributed by atoms with E-state index in [1.165, 1.54) is 13.5 Å². The first kappa shape index (κ1) is 18.4. The molecule has 0 bridgehead atoms. The number of esters is 1. The van der Waals surface area contributed by atoms with E-state index in [4.69, 9.17) is 9.47 Å². The Morgan fingerprint density at radius 1 is 1.48 bits per heavy atom. The van der Waals surface area contributed by atoms with Gasteiger partial charge in [0.15, 0.2) is 0 Å². The maximum absolute atomic E-state index is 12.1. The molecule has 0 radical (unpaired) electrons. The molecule has 1 N–H and O–H groups in total. The van der Waals surface area contributed by atoms with Crippen LogP contribution in [-0.4, -0.2) is 62.9 Å². The number of ether oxygens (including phenoxy) is 2. The van der Waals surface area contributed by atoms with E-state index in [9.17, 15) is 4.79 Å². The fourth-order valence-corrected chi connectivity index (χ4v) is 3.21. The lowest BCUT2D eigenvalue weighted by Gasteiger charge is -2.34. The van der Waals surface area contributed by atoms with Crippen LogP contribution in [0.5, 0.6) is 0 Å². The van der Waals surface area contributed by atoms with Gasteiger partial charge < -0.3 is 19.7 Å². The minimum absolute atomic E-state index is 0.171. The standard InChI is InChI=1S/C16H32N2O3/c1-6-8-17-16(3,15(19)21-5)10-13(2)18-9-7-14(11-18)12-20-4/h13-14,17H,6-12H2,1-5H3. The van der Waals surface area contributed by atoms with Gasteiger partial charge in [0.1, 0.15) is 5.54 Å². The number of nitrogens with zero attached hydrogens (tertiary/aromatic N) is 1. The van der Waals surface area contributed by atoms with Gasteiger partial charge >= 0.3 is 5.97 Å². The van der Waals surface area contributed by atoms with E-state index in [1.54, 1.807) is 7.11 Å². The van der Waals surface area contributed by atoms with Gasteiger partial charge in [-0.3, -0.25) is 4.79 Å². The van der Waals surface area contributed by atoms with Crippen molar-refractivity contribution in [2.24, 2.45) is 5.92 Å². The zero-order chi connectivity index (χ0) is 15.9. The van der Waals surface area contributed by atoms with Crippen molar-refractivity contribution >= 4 is 5.97 Å². The second-order valence-corrected chi connectivity index (χ2v) is 6.41. The fourth-order valence-electron chi connectivity index (χ4n) is 3.21. The molecule has 0 aliphatic carbocycles. The Bertz CT molecular complexity index is 325. The first-order valence-electron chi connectivity index (χ1n) is 8.03. The minimum Gasteiger partial charge on any atom is -0.468 e. The van der Waals surface area contributed by atoms with E-state index in [-0.39, 0.29) is 5.97 Å². The summed E-state index contributed by atoms with van der Waals surface area (Å²) in [5.41, 5.74) is -0.608. The van der Waals surface area contributed by atoms with Crippen molar-refractivity contribution in [1.29, 1.82) is 0 Å². The summed E-state index contributed by atoms with van der Waals surface area (Å²) in [6, 6.07) is 0.348. The van der Waals surface area contributed by atoms with Crippen LogP contribution >= 0.6 is 0 Å². The van der Waals surface area contributed by atoms with E-state index in [0.29, 0.717) is 12.0 Å². The molecule has 5 nitrogen and oxygen atoms in total. The topological polar surface area (TPSA) is 50.8 Å². The van der Waals surface area contributed by atoms with Gasteiger partial charge in [-0.05, 0) is 52.1 Å². The Morgan fingerprint density at radius 2 is 2.19 bits per heavy atom. The monoisotopic (exact) mass is 300 g/mol. The molecule has 5 heteroatoms. The molecule has 0 amide bonds. The Balaban J connectivity index is 2.59. The number of hydrogen-bond acceptors (Lipinski definition) is 5. The summed E-state index contributed by atoms with van der Waals surface area (Å²) < 4.78 is 10.2. The third-order valence-corrected chi connectivity index (χ3v) is 4.45. The van der Waals surface area contributed by atoms with Crippen molar-refractivity contribution in [2.45, 2.75) is 51.6 Å². The maximum atomic E-state index is 12.1. The third kappa shape index (κ3) is 5.24. The molecule has 21 heavy (non-hydrogen) atoms. The number of methoxy groups -OCH3 is 2. The Hall–Kier alpha value is -0.650. The molecule has 1 rings (SSSR count). The Labute approximate surface area is 129 Å². The zero-order valence-corrected chi connectivity index (χ0v) is 14.3. The lowest BCUT2D eigenvalue weighted by Crippen LogP contribution is -2.54. The summed E-state index contributed by atoms with van der Waals surface area (Å²) >= 11 is 0. The molecule has 1 aliphatic rings. The van der Waals surface area contributed by atoms with Crippen LogP contribution in [0.4, 0.5) is 0 Å². The van der Waals surface area contributed by atoms with Crippen LogP contribution in [0.25, 0.3) is 0 Å². The van der Waals surface area contributed by atoms with Crippen molar-refractivity contribution < 1.29 is 14.3 Å². The van der Waals surface area contributed by atoms with E-state index >= 15 is 0 Å². The quantitative estimate of drug-likeness (QED) is 0.656. The predicted molar refractivity (Wildman–Crippen MR) is 84.3 cm³/mol. The van der Waals surface area contributed by atoms with E-state index < -0.39 is 5.54 Å². The number of nitrogens with one attached hydrogen (secondary N) is 1. The van der Waals surface area contributed by atoms with Gasteiger partial charge in [0.05, 0.1) is 13.7 Å². The van der Waals surface area contributed by atoms with Crippen molar-refractivity contribution in [3.63, 3.8) is 0 Å². The largest absolute Gasteiger partial charge is 0.468 e. The summed E-state index contributed by atoms with van der Waals surface area (Å²) in [5, 5.41) is 3.36. The highest BCUT2D eigenvalue weighted by Crippen LogP contribution is 2.24. The van der Waals surface area contributed by atoms with Crippen LogP contribution in [0.15, 0.2) is 0 Å². The number of hydrogen-bond donors (Lipinski definition) is 1. The van der Waals surface area contributed by atoms with E-state index in [2.05, 4.69) is 24.1 Å². The number of carbonyl (C=O) groups is 1. The lowest BCUT2D eigenvalue weighted by molar-refractivity contribution is -0.148. The molecule has 0 aromatic heterocycles. The van der Waals surface area contributed by atoms with Crippen molar-refractivity contribution in [3.05, 3.63) is 0 Å². The zero-order valence-electron chi connectivity index (χ0n) is 14.3.